The molecule has 1 aromatic carbocycles. The van der Waals surface area contributed by atoms with Crippen LogP contribution in [0.2, 0.25) is 0 Å². The van der Waals surface area contributed by atoms with Crippen LogP contribution < -0.4 is 5.32 Å². The van der Waals surface area contributed by atoms with Crippen molar-refractivity contribution in [3.63, 3.8) is 0 Å². The lowest BCUT2D eigenvalue weighted by Gasteiger charge is -1.99. The lowest BCUT2D eigenvalue weighted by atomic mass is 10.2. The van der Waals surface area contributed by atoms with Crippen LogP contribution in [-0.2, 0) is 6.54 Å². The summed E-state index contributed by atoms with van der Waals surface area (Å²) in [7, 11) is 0. The highest BCUT2D eigenvalue weighted by Gasteiger charge is 2.15. The molecule has 3 aromatic heterocycles. The fourth-order valence-corrected chi connectivity index (χ4v) is 2.21. The number of nitrogens with one attached hydrogen (secondary N) is 2. The maximum atomic E-state index is 12.2. The number of H-pyrrole nitrogens is 1. The quantitative estimate of drug-likeness (QED) is 0.597. The lowest BCUT2D eigenvalue weighted by molar-refractivity contribution is 0.0946. The molecule has 2 N–H and O–H groups in total. The molecule has 0 aliphatic rings. The van der Waals surface area contributed by atoms with Crippen LogP contribution in [0.1, 0.15) is 16.3 Å². The zero-order valence-corrected chi connectivity index (χ0v) is 11.8. The highest BCUT2D eigenvalue weighted by Crippen LogP contribution is 2.17. The SMILES string of the molecule is O=C(NCc1noc(-c2ccco2)n1)c1n[nH]c2ccccc12. The van der Waals surface area contributed by atoms with Gasteiger partial charge in [0.05, 0.1) is 18.3 Å². The first-order valence-electron chi connectivity index (χ1n) is 6.89. The van der Waals surface area contributed by atoms with Crippen molar-refractivity contribution < 1.29 is 13.7 Å². The molecule has 0 unspecified atom stereocenters. The molecule has 0 atom stereocenters. The summed E-state index contributed by atoms with van der Waals surface area (Å²) in [6.07, 6.45) is 1.52. The molecule has 0 saturated heterocycles. The van der Waals surface area contributed by atoms with E-state index in [1.807, 2.05) is 24.3 Å². The lowest BCUT2D eigenvalue weighted by Crippen LogP contribution is -2.24. The number of rotatable bonds is 4. The van der Waals surface area contributed by atoms with Gasteiger partial charge in [0.2, 0.25) is 0 Å². The average Bonchev–Trinajstić information content (AvgIpc) is 3.31. The molecule has 4 aromatic rings. The number of fused-ring (bicyclic) bond motifs is 1. The number of nitrogens with zero attached hydrogens (tertiary/aromatic N) is 3. The van der Waals surface area contributed by atoms with Crippen molar-refractivity contribution in [2.45, 2.75) is 6.54 Å². The number of benzene rings is 1. The van der Waals surface area contributed by atoms with E-state index in [1.54, 1.807) is 12.1 Å². The van der Waals surface area contributed by atoms with E-state index in [0.29, 0.717) is 17.3 Å². The Morgan fingerprint density at radius 2 is 2.13 bits per heavy atom. The third-order valence-electron chi connectivity index (χ3n) is 3.29. The van der Waals surface area contributed by atoms with E-state index in [9.17, 15) is 4.79 Å². The van der Waals surface area contributed by atoms with Gasteiger partial charge in [-0.2, -0.15) is 10.1 Å². The number of hydrogen-bond donors (Lipinski definition) is 2. The highest BCUT2D eigenvalue weighted by molar-refractivity contribution is 6.04. The van der Waals surface area contributed by atoms with Gasteiger partial charge in [0.1, 0.15) is 0 Å². The van der Waals surface area contributed by atoms with Gasteiger partial charge >= 0.3 is 0 Å². The number of aromatic amines is 1. The van der Waals surface area contributed by atoms with E-state index >= 15 is 0 Å². The third-order valence-corrected chi connectivity index (χ3v) is 3.29. The number of carbonyl (C=O) groups is 1. The van der Waals surface area contributed by atoms with Crippen molar-refractivity contribution in [1.82, 2.24) is 25.7 Å². The molecule has 0 aliphatic carbocycles. The monoisotopic (exact) mass is 309 g/mol. The number of hydrogen-bond acceptors (Lipinski definition) is 6. The smallest absolute Gasteiger partial charge is 0.293 e. The predicted octanol–water partition coefficient (Wildman–Crippen LogP) is 2.14. The summed E-state index contributed by atoms with van der Waals surface area (Å²) in [6, 6.07) is 10.8. The number of carbonyl (C=O) groups excluding carboxylic acids is 1. The van der Waals surface area contributed by atoms with Crippen molar-refractivity contribution in [3.05, 3.63) is 54.2 Å². The van der Waals surface area contributed by atoms with Crippen LogP contribution in [0.4, 0.5) is 0 Å². The van der Waals surface area contributed by atoms with Crippen LogP contribution in [0.25, 0.3) is 22.6 Å². The summed E-state index contributed by atoms with van der Waals surface area (Å²) in [4.78, 5) is 16.4. The maximum Gasteiger partial charge on any atom is 0.293 e. The summed E-state index contributed by atoms with van der Waals surface area (Å²) in [5.74, 6) is 0.786. The van der Waals surface area contributed by atoms with E-state index in [0.717, 1.165) is 10.9 Å². The number of amides is 1. The normalized spacial score (nSPS) is 11.0. The van der Waals surface area contributed by atoms with Crippen LogP contribution in [-0.4, -0.2) is 26.2 Å². The Labute approximate surface area is 129 Å². The van der Waals surface area contributed by atoms with Gasteiger partial charge in [0, 0.05) is 5.39 Å². The number of para-hydroxylation sites is 1. The zero-order chi connectivity index (χ0) is 15.6. The molecule has 1 amide bonds. The van der Waals surface area contributed by atoms with E-state index in [4.69, 9.17) is 8.94 Å². The van der Waals surface area contributed by atoms with Crippen molar-refractivity contribution in [1.29, 1.82) is 0 Å². The minimum Gasteiger partial charge on any atom is -0.459 e. The van der Waals surface area contributed by atoms with Gasteiger partial charge < -0.3 is 14.3 Å². The largest absolute Gasteiger partial charge is 0.459 e. The highest BCUT2D eigenvalue weighted by atomic mass is 16.5. The van der Waals surface area contributed by atoms with Gasteiger partial charge in [-0.05, 0) is 18.2 Å². The standard InChI is InChI=1S/C15H11N5O3/c21-14(13-9-4-1-2-5-10(9)18-19-13)16-8-12-17-15(23-20-12)11-6-3-7-22-11/h1-7H,8H2,(H,16,21)(H,18,19). The van der Waals surface area contributed by atoms with Gasteiger partial charge in [-0.3, -0.25) is 9.89 Å². The van der Waals surface area contributed by atoms with Gasteiger partial charge in [-0.25, -0.2) is 0 Å². The predicted molar refractivity (Wildman–Crippen MR) is 79.3 cm³/mol. The summed E-state index contributed by atoms with van der Waals surface area (Å²) in [5.41, 5.74) is 1.13. The molecule has 0 aliphatic heterocycles. The van der Waals surface area contributed by atoms with Gasteiger partial charge in [0.15, 0.2) is 17.3 Å². The van der Waals surface area contributed by atoms with Crippen molar-refractivity contribution in [3.8, 4) is 11.7 Å². The van der Waals surface area contributed by atoms with E-state index in [2.05, 4.69) is 25.7 Å². The molecule has 0 saturated carbocycles. The first-order chi connectivity index (χ1) is 11.3. The minimum atomic E-state index is -0.313. The molecule has 114 valence electrons. The first kappa shape index (κ1) is 13.3. The van der Waals surface area contributed by atoms with Gasteiger partial charge in [0.25, 0.3) is 11.8 Å². The molecule has 0 bridgehead atoms. The van der Waals surface area contributed by atoms with Gasteiger partial charge in [-0.1, -0.05) is 23.4 Å². The molecular weight excluding hydrogens is 298 g/mol. The first-order valence-corrected chi connectivity index (χ1v) is 6.89. The van der Waals surface area contributed by atoms with Crippen LogP contribution in [0.5, 0.6) is 0 Å². The molecule has 8 heteroatoms. The Morgan fingerprint density at radius 1 is 1.22 bits per heavy atom. The maximum absolute atomic E-state index is 12.2. The topological polar surface area (TPSA) is 110 Å². The van der Waals surface area contributed by atoms with Crippen LogP contribution in [0.15, 0.2) is 51.6 Å². The molecule has 0 fully saturated rings. The molecule has 23 heavy (non-hydrogen) atoms. The second-order valence-electron chi connectivity index (χ2n) is 4.79. The van der Waals surface area contributed by atoms with E-state index in [-0.39, 0.29) is 18.3 Å². The third kappa shape index (κ3) is 2.46. The van der Waals surface area contributed by atoms with Crippen molar-refractivity contribution >= 4 is 16.8 Å². The summed E-state index contributed by atoms with van der Waals surface area (Å²) in [6.45, 7) is 0.129. The number of aromatic nitrogens is 4. The molecule has 3 heterocycles. The van der Waals surface area contributed by atoms with Crippen molar-refractivity contribution in [2.75, 3.05) is 0 Å². The second-order valence-corrected chi connectivity index (χ2v) is 4.79. The Kier molecular flexibility index (Phi) is 3.12. The molecule has 0 radical (unpaired) electrons. The molecule has 0 spiro atoms. The summed E-state index contributed by atoms with van der Waals surface area (Å²) < 4.78 is 10.2. The Morgan fingerprint density at radius 3 is 3.00 bits per heavy atom. The van der Waals surface area contributed by atoms with Crippen LogP contribution in [0, 0.1) is 0 Å². The minimum absolute atomic E-state index is 0.129. The molecule has 4 rings (SSSR count). The Balaban J connectivity index is 1.48. The summed E-state index contributed by atoms with van der Waals surface area (Å²) in [5, 5.41) is 14.1. The fraction of sp³-hybridized carbons (Fsp3) is 0.0667. The molecule has 8 nitrogen and oxygen atoms in total. The van der Waals surface area contributed by atoms with Crippen LogP contribution in [0.3, 0.4) is 0 Å². The zero-order valence-electron chi connectivity index (χ0n) is 11.8. The van der Waals surface area contributed by atoms with E-state index < -0.39 is 0 Å². The number of furan rings is 1. The molecular formula is C15H11N5O3. The fourth-order valence-electron chi connectivity index (χ4n) is 2.21. The summed E-state index contributed by atoms with van der Waals surface area (Å²) >= 11 is 0. The Hall–Kier alpha value is -3.42. The van der Waals surface area contributed by atoms with Crippen molar-refractivity contribution in [2.24, 2.45) is 0 Å². The average molecular weight is 309 g/mol. The van der Waals surface area contributed by atoms with Gasteiger partial charge in [-0.15, -0.1) is 0 Å². The second kappa shape index (κ2) is 5.41. The van der Waals surface area contributed by atoms with E-state index in [1.165, 1.54) is 6.26 Å². The van der Waals surface area contributed by atoms with Crippen LogP contribution >= 0.6 is 0 Å². The Bertz CT molecular complexity index is 954.